The van der Waals surface area contributed by atoms with Crippen LogP contribution in [0.3, 0.4) is 0 Å². The number of ether oxygens (including phenoxy) is 2. The van der Waals surface area contributed by atoms with Gasteiger partial charge in [0.25, 0.3) is 5.56 Å². The Bertz CT molecular complexity index is 978. The molecule has 4 rings (SSSR count). The summed E-state index contributed by atoms with van der Waals surface area (Å²) in [7, 11) is 3.09. The van der Waals surface area contributed by atoms with Crippen LogP contribution in [0.5, 0.6) is 11.5 Å². The first-order valence-corrected chi connectivity index (χ1v) is 11.0. The van der Waals surface area contributed by atoms with Gasteiger partial charge in [0.1, 0.15) is 5.82 Å². The predicted molar refractivity (Wildman–Crippen MR) is 118 cm³/mol. The lowest BCUT2D eigenvalue weighted by molar-refractivity contribution is 0.130. The molecule has 2 aliphatic rings. The highest BCUT2D eigenvalue weighted by molar-refractivity contribution is 5.81. The summed E-state index contributed by atoms with van der Waals surface area (Å²) in [6.45, 7) is 3.35. The molecule has 0 unspecified atom stereocenters. The van der Waals surface area contributed by atoms with Crippen molar-refractivity contribution in [3.05, 3.63) is 28.3 Å². The number of nitrogens with zero attached hydrogens (tertiary/aromatic N) is 3. The molecule has 0 bridgehead atoms. The summed E-state index contributed by atoms with van der Waals surface area (Å²) < 4.78 is 10.6. The molecule has 0 atom stereocenters. The van der Waals surface area contributed by atoms with E-state index < -0.39 is 0 Å². The summed E-state index contributed by atoms with van der Waals surface area (Å²) in [6, 6.07) is 3.74. The minimum Gasteiger partial charge on any atom is -0.493 e. The number of carbonyl (C=O) groups is 1. The van der Waals surface area contributed by atoms with Gasteiger partial charge in [0.15, 0.2) is 11.5 Å². The minimum atomic E-state index is -0.202. The van der Waals surface area contributed by atoms with Crippen molar-refractivity contribution in [3.8, 4) is 11.5 Å². The van der Waals surface area contributed by atoms with Gasteiger partial charge in [-0.25, -0.2) is 9.78 Å². The molecule has 1 aliphatic heterocycles. The van der Waals surface area contributed by atoms with Crippen LogP contribution in [0.2, 0.25) is 0 Å². The van der Waals surface area contributed by atoms with Crippen molar-refractivity contribution < 1.29 is 14.3 Å². The number of rotatable bonds is 5. The molecule has 1 aromatic carbocycles. The van der Waals surface area contributed by atoms with Gasteiger partial charge in [0.05, 0.1) is 31.7 Å². The summed E-state index contributed by atoms with van der Waals surface area (Å²) >= 11 is 0. The summed E-state index contributed by atoms with van der Waals surface area (Å²) in [5.74, 6) is 1.64. The Hall–Kier alpha value is -2.81. The summed E-state index contributed by atoms with van der Waals surface area (Å²) in [5, 5.41) is 3.65. The molecule has 1 saturated heterocycles. The maximum Gasteiger partial charge on any atom is 0.317 e. The lowest BCUT2D eigenvalue weighted by Gasteiger charge is -2.35. The van der Waals surface area contributed by atoms with Gasteiger partial charge in [-0.15, -0.1) is 0 Å². The van der Waals surface area contributed by atoms with Gasteiger partial charge in [-0.1, -0.05) is 19.3 Å². The van der Waals surface area contributed by atoms with Gasteiger partial charge in [0.2, 0.25) is 0 Å². The second kappa shape index (κ2) is 9.55. The molecular weight excluding hydrogens is 398 g/mol. The van der Waals surface area contributed by atoms with E-state index in [4.69, 9.17) is 9.47 Å². The van der Waals surface area contributed by atoms with Crippen molar-refractivity contribution in [2.75, 3.05) is 40.4 Å². The fraction of sp³-hybridized carbons (Fsp3) is 0.591. The Kier molecular flexibility index (Phi) is 6.60. The number of H-pyrrole nitrogens is 1. The number of amides is 2. The third-order valence-corrected chi connectivity index (χ3v) is 6.23. The van der Waals surface area contributed by atoms with E-state index in [-0.39, 0.29) is 11.6 Å². The van der Waals surface area contributed by atoms with Crippen molar-refractivity contribution in [1.29, 1.82) is 0 Å². The molecule has 9 nitrogen and oxygen atoms in total. The van der Waals surface area contributed by atoms with Crippen molar-refractivity contribution in [1.82, 2.24) is 25.1 Å². The fourth-order valence-electron chi connectivity index (χ4n) is 4.42. The average Bonchev–Trinajstić information content (AvgIpc) is 2.79. The van der Waals surface area contributed by atoms with E-state index in [1.165, 1.54) is 26.4 Å². The summed E-state index contributed by atoms with van der Waals surface area (Å²) in [5.41, 5.74) is 0.369. The molecular formula is C22H31N5O4. The van der Waals surface area contributed by atoms with Crippen molar-refractivity contribution in [2.24, 2.45) is 0 Å². The number of aromatic amines is 1. The summed E-state index contributed by atoms with van der Waals surface area (Å²) in [4.78, 5) is 36.7. The Morgan fingerprint density at radius 2 is 1.77 bits per heavy atom. The molecule has 0 radical (unpaired) electrons. The molecule has 2 fully saturated rings. The number of fused-ring (bicyclic) bond motifs is 1. The Morgan fingerprint density at radius 3 is 2.45 bits per heavy atom. The Morgan fingerprint density at radius 1 is 1.10 bits per heavy atom. The number of hydrogen-bond donors (Lipinski definition) is 2. The topological polar surface area (TPSA) is 99.8 Å². The number of hydrogen-bond acceptors (Lipinski definition) is 6. The predicted octanol–water partition coefficient (Wildman–Crippen LogP) is 2.10. The van der Waals surface area contributed by atoms with Crippen LogP contribution in [0.1, 0.15) is 37.9 Å². The van der Waals surface area contributed by atoms with Gasteiger partial charge in [-0.05, 0) is 18.9 Å². The molecule has 1 aromatic heterocycles. The molecule has 9 heteroatoms. The van der Waals surface area contributed by atoms with Crippen LogP contribution in [0.15, 0.2) is 16.9 Å². The number of piperazine rings is 1. The normalized spacial score (nSPS) is 18.2. The maximum absolute atomic E-state index is 12.6. The highest BCUT2D eigenvalue weighted by Crippen LogP contribution is 2.30. The minimum absolute atomic E-state index is 0.0461. The first kappa shape index (κ1) is 21.4. The molecule has 1 aliphatic carbocycles. The second-order valence-corrected chi connectivity index (χ2v) is 8.28. The smallest absolute Gasteiger partial charge is 0.317 e. The molecule has 1 saturated carbocycles. The van der Waals surface area contributed by atoms with Crippen LogP contribution in [0.25, 0.3) is 10.9 Å². The van der Waals surface area contributed by atoms with E-state index in [0.29, 0.717) is 53.9 Å². The Balaban J connectivity index is 1.37. The number of carbonyl (C=O) groups excluding carboxylic acids is 1. The highest BCUT2D eigenvalue weighted by Gasteiger charge is 2.24. The number of aromatic nitrogens is 2. The molecule has 2 amide bonds. The standard InChI is InChI=1S/C22H31N5O4/c1-30-18-12-16-17(13-19(18)31-2)24-20(25-21(16)28)14-26-8-10-27(11-9-26)22(29)23-15-6-4-3-5-7-15/h12-13,15H,3-11,14H2,1-2H3,(H,23,29)(H,24,25,28). The number of benzene rings is 1. The number of nitrogens with one attached hydrogen (secondary N) is 2. The molecule has 2 heterocycles. The molecule has 0 spiro atoms. The molecule has 31 heavy (non-hydrogen) atoms. The lowest BCUT2D eigenvalue weighted by atomic mass is 9.96. The van der Waals surface area contributed by atoms with Gasteiger partial charge in [-0.2, -0.15) is 0 Å². The lowest BCUT2D eigenvalue weighted by Crippen LogP contribution is -2.53. The third-order valence-electron chi connectivity index (χ3n) is 6.23. The van der Waals surface area contributed by atoms with E-state index >= 15 is 0 Å². The SMILES string of the molecule is COc1cc2nc(CN3CCN(C(=O)NC4CCCCC4)CC3)[nH]c(=O)c2cc1OC. The molecule has 2 aromatic rings. The van der Waals surface area contributed by atoms with Crippen molar-refractivity contribution in [3.63, 3.8) is 0 Å². The monoisotopic (exact) mass is 429 g/mol. The van der Waals surface area contributed by atoms with Crippen LogP contribution in [-0.4, -0.2) is 72.2 Å². The number of methoxy groups -OCH3 is 2. The first-order valence-electron chi connectivity index (χ1n) is 11.0. The van der Waals surface area contributed by atoms with E-state index in [1.807, 2.05) is 4.90 Å². The van der Waals surface area contributed by atoms with Gasteiger partial charge in [0, 0.05) is 38.3 Å². The first-order chi connectivity index (χ1) is 15.1. The van der Waals surface area contributed by atoms with Crippen LogP contribution < -0.4 is 20.3 Å². The largest absolute Gasteiger partial charge is 0.493 e. The van der Waals surface area contributed by atoms with E-state index in [1.54, 1.807) is 19.2 Å². The zero-order valence-corrected chi connectivity index (χ0v) is 18.3. The van der Waals surface area contributed by atoms with Crippen LogP contribution in [0.4, 0.5) is 4.79 Å². The van der Waals surface area contributed by atoms with Crippen molar-refractivity contribution in [2.45, 2.75) is 44.7 Å². The maximum atomic E-state index is 12.6. The third kappa shape index (κ3) is 4.92. The molecule has 168 valence electrons. The van der Waals surface area contributed by atoms with E-state index in [2.05, 4.69) is 20.2 Å². The zero-order chi connectivity index (χ0) is 21.8. The fourth-order valence-corrected chi connectivity index (χ4v) is 4.42. The van der Waals surface area contributed by atoms with E-state index in [9.17, 15) is 9.59 Å². The Labute approximate surface area is 181 Å². The van der Waals surface area contributed by atoms with Gasteiger partial charge in [-0.3, -0.25) is 9.69 Å². The quantitative estimate of drug-likeness (QED) is 0.755. The molecule has 2 N–H and O–H groups in total. The summed E-state index contributed by atoms with van der Waals surface area (Å²) in [6.07, 6.45) is 5.85. The number of urea groups is 1. The van der Waals surface area contributed by atoms with E-state index in [0.717, 1.165) is 25.9 Å². The van der Waals surface area contributed by atoms with Crippen LogP contribution in [0, 0.1) is 0 Å². The van der Waals surface area contributed by atoms with Crippen LogP contribution in [-0.2, 0) is 6.54 Å². The van der Waals surface area contributed by atoms with Crippen LogP contribution >= 0.6 is 0 Å². The highest BCUT2D eigenvalue weighted by atomic mass is 16.5. The average molecular weight is 430 g/mol. The van der Waals surface area contributed by atoms with Gasteiger partial charge < -0.3 is 24.7 Å². The zero-order valence-electron chi connectivity index (χ0n) is 18.3. The second-order valence-electron chi connectivity index (χ2n) is 8.28. The van der Waals surface area contributed by atoms with Crippen molar-refractivity contribution >= 4 is 16.9 Å². The van der Waals surface area contributed by atoms with Gasteiger partial charge >= 0.3 is 6.03 Å².